The number of anilines is 2. The number of rotatable bonds is 3. The molecule has 3 rings (SSSR count). The standard InChI is InChI=1S/C18H20N2O3S/c1-12-4-7-16(10-13(12)2)19-18(21)15-6-5-14-8-9-20(17(14)11-15)24(3,22)23/h4-7,10-11H,8-9H2,1-3H3,(H,19,21). The molecule has 1 amide bonds. The van der Waals surface area contributed by atoms with Gasteiger partial charge >= 0.3 is 0 Å². The molecule has 1 aliphatic rings. The molecule has 5 nitrogen and oxygen atoms in total. The molecule has 1 heterocycles. The summed E-state index contributed by atoms with van der Waals surface area (Å²) in [4.78, 5) is 12.5. The Morgan fingerprint density at radius 3 is 2.50 bits per heavy atom. The lowest BCUT2D eigenvalue weighted by molar-refractivity contribution is 0.102. The van der Waals surface area contributed by atoms with Crippen molar-refractivity contribution < 1.29 is 13.2 Å². The first-order chi connectivity index (χ1) is 11.3. The molecule has 1 aliphatic heterocycles. The molecule has 0 aliphatic carbocycles. The zero-order valence-corrected chi connectivity index (χ0v) is 14.8. The predicted molar refractivity (Wildman–Crippen MR) is 96.2 cm³/mol. The molecular weight excluding hydrogens is 324 g/mol. The van der Waals surface area contributed by atoms with Crippen molar-refractivity contribution in [2.45, 2.75) is 20.3 Å². The molecule has 0 bridgehead atoms. The average Bonchev–Trinajstić information content (AvgIpc) is 2.94. The van der Waals surface area contributed by atoms with Gasteiger partial charge in [0.15, 0.2) is 0 Å². The van der Waals surface area contributed by atoms with Crippen molar-refractivity contribution in [1.82, 2.24) is 0 Å². The molecule has 2 aromatic rings. The smallest absolute Gasteiger partial charge is 0.255 e. The van der Waals surface area contributed by atoms with Crippen LogP contribution in [0.1, 0.15) is 27.0 Å². The molecule has 0 radical (unpaired) electrons. The number of nitrogens with zero attached hydrogens (tertiary/aromatic N) is 1. The van der Waals surface area contributed by atoms with E-state index in [0.29, 0.717) is 24.2 Å². The Morgan fingerprint density at radius 1 is 1.08 bits per heavy atom. The zero-order valence-electron chi connectivity index (χ0n) is 14.0. The first-order valence-corrected chi connectivity index (χ1v) is 9.60. The van der Waals surface area contributed by atoms with Crippen LogP contribution in [0.3, 0.4) is 0 Å². The lowest BCUT2D eigenvalue weighted by Crippen LogP contribution is -2.27. The monoisotopic (exact) mass is 344 g/mol. The fraction of sp³-hybridized carbons (Fsp3) is 0.278. The topological polar surface area (TPSA) is 66.5 Å². The Balaban J connectivity index is 1.88. The zero-order chi connectivity index (χ0) is 17.5. The highest BCUT2D eigenvalue weighted by Crippen LogP contribution is 2.31. The van der Waals surface area contributed by atoms with Crippen molar-refractivity contribution in [3.8, 4) is 0 Å². The van der Waals surface area contributed by atoms with Crippen LogP contribution >= 0.6 is 0 Å². The molecule has 0 fully saturated rings. The van der Waals surface area contributed by atoms with E-state index in [2.05, 4.69) is 5.32 Å². The second-order valence-corrected chi connectivity index (χ2v) is 8.09. The average molecular weight is 344 g/mol. The van der Waals surface area contributed by atoms with Crippen LogP contribution in [0, 0.1) is 13.8 Å². The van der Waals surface area contributed by atoms with E-state index in [1.54, 1.807) is 12.1 Å². The number of sulfonamides is 1. The third-order valence-electron chi connectivity index (χ3n) is 4.37. The minimum Gasteiger partial charge on any atom is -0.322 e. The summed E-state index contributed by atoms with van der Waals surface area (Å²) in [6.07, 6.45) is 1.85. The minimum absolute atomic E-state index is 0.249. The van der Waals surface area contributed by atoms with Crippen LogP contribution < -0.4 is 9.62 Å². The van der Waals surface area contributed by atoms with Gasteiger partial charge in [-0.25, -0.2) is 8.42 Å². The maximum absolute atomic E-state index is 12.5. The summed E-state index contributed by atoms with van der Waals surface area (Å²) in [5.74, 6) is -0.249. The number of aryl methyl sites for hydroxylation is 2. The Morgan fingerprint density at radius 2 is 1.83 bits per heavy atom. The molecule has 24 heavy (non-hydrogen) atoms. The first-order valence-electron chi connectivity index (χ1n) is 7.75. The van der Waals surface area contributed by atoms with Crippen molar-refractivity contribution in [3.63, 3.8) is 0 Å². The summed E-state index contributed by atoms with van der Waals surface area (Å²) in [6, 6.07) is 11.0. The number of amides is 1. The highest BCUT2D eigenvalue weighted by molar-refractivity contribution is 7.92. The van der Waals surface area contributed by atoms with E-state index in [4.69, 9.17) is 0 Å². The minimum atomic E-state index is -3.33. The Kier molecular flexibility index (Phi) is 4.09. The van der Waals surface area contributed by atoms with Crippen molar-refractivity contribution in [1.29, 1.82) is 0 Å². The number of carbonyl (C=O) groups is 1. The molecule has 1 N–H and O–H groups in total. The van der Waals surface area contributed by atoms with Gasteiger partial charge in [0.25, 0.3) is 5.91 Å². The van der Waals surface area contributed by atoms with Gasteiger partial charge in [0.1, 0.15) is 0 Å². The molecule has 6 heteroatoms. The second-order valence-electron chi connectivity index (χ2n) is 6.18. The molecular formula is C18H20N2O3S. The van der Waals surface area contributed by atoms with Gasteiger partial charge in [-0.1, -0.05) is 12.1 Å². The summed E-state index contributed by atoms with van der Waals surface area (Å²) >= 11 is 0. The fourth-order valence-electron chi connectivity index (χ4n) is 2.86. The Labute approximate surface area is 142 Å². The predicted octanol–water partition coefficient (Wildman–Crippen LogP) is 2.88. The largest absolute Gasteiger partial charge is 0.322 e. The van der Waals surface area contributed by atoms with Crippen molar-refractivity contribution >= 4 is 27.3 Å². The molecule has 126 valence electrons. The van der Waals surface area contributed by atoms with Crippen LogP contribution in [0.25, 0.3) is 0 Å². The lowest BCUT2D eigenvalue weighted by atomic mass is 10.1. The maximum Gasteiger partial charge on any atom is 0.255 e. The summed E-state index contributed by atoms with van der Waals surface area (Å²) in [5.41, 5.74) is 4.99. The highest BCUT2D eigenvalue weighted by Gasteiger charge is 2.27. The van der Waals surface area contributed by atoms with Gasteiger partial charge in [-0.05, 0) is 61.2 Å². The summed E-state index contributed by atoms with van der Waals surface area (Å²) in [6.45, 7) is 4.43. The van der Waals surface area contributed by atoms with Crippen LogP contribution in [0.2, 0.25) is 0 Å². The van der Waals surface area contributed by atoms with Gasteiger partial charge in [0.2, 0.25) is 10.0 Å². The SMILES string of the molecule is Cc1ccc(NC(=O)c2ccc3c(c2)N(S(C)(=O)=O)CC3)cc1C. The van der Waals surface area contributed by atoms with E-state index in [1.165, 1.54) is 10.6 Å². The van der Waals surface area contributed by atoms with E-state index in [-0.39, 0.29) is 5.91 Å². The van der Waals surface area contributed by atoms with Gasteiger partial charge in [0, 0.05) is 17.8 Å². The summed E-state index contributed by atoms with van der Waals surface area (Å²) in [5, 5.41) is 2.86. The van der Waals surface area contributed by atoms with Crippen LogP contribution in [-0.4, -0.2) is 27.1 Å². The summed E-state index contributed by atoms with van der Waals surface area (Å²) in [7, 11) is -3.33. The normalized spacial score (nSPS) is 13.7. The molecule has 0 atom stereocenters. The van der Waals surface area contributed by atoms with E-state index in [9.17, 15) is 13.2 Å². The van der Waals surface area contributed by atoms with Crippen LogP contribution in [0.5, 0.6) is 0 Å². The molecule has 0 unspecified atom stereocenters. The van der Waals surface area contributed by atoms with E-state index in [1.807, 2.05) is 38.1 Å². The quantitative estimate of drug-likeness (QED) is 0.931. The third kappa shape index (κ3) is 3.14. The van der Waals surface area contributed by atoms with E-state index >= 15 is 0 Å². The molecule has 0 spiro atoms. The first kappa shape index (κ1) is 16.5. The molecule has 0 saturated heterocycles. The number of nitrogens with one attached hydrogen (secondary N) is 1. The molecule has 2 aromatic carbocycles. The van der Waals surface area contributed by atoms with Crippen molar-refractivity contribution in [2.75, 3.05) is 22.4 Å². The van der Waals surface area contributed by atoms with Gasteiger partial charge < -0.3 is 5.32 Å². The van der Waals surface area contributed by atoms with Crippen molar-refractivity contribution in [3.05, 3.63) is 58.7 Å². The van der Waals surface area contributed by atoms with E-state index < -0.39 is 10.0 Å². The highest BCUT2D eigenvalue weighted by atomic mass is 32.2. The van der Waals surface area contributed by atoms with Crippen LogP contribution in [0.4, 0.5) is 11.4 Å². The Hall–Kier alpha value is -2.34. The van der Waals surface area contributed by atoms with Crippen molar-refractivity contribution in [2.24, 2.45) is 0 Å². The van der Waals surface area contributed by atoms with Gasteiger partial charge in [-0.15, -0.1) is 0 Å². The van der Waals surface area contributed by atoms with E-state index in [0.717, 1.165) is 22.4 Å². The number of benzene rings is 2. The van der Waals surface area contributed by atoms with Crippen LogP contribution in [0.15, 0.2) is 36.4 Å². The number of carbonyl (C=O) groups excluding carboxylic acids is 1. The lowest BCUT2D eigenvalue weighted by Gasteiger charge is -2.17. The number of fused-ring (bicyclic) bond motifs is 1. The number of hydrogen-bond donors (Lipinski definition) is 1. The Bertz CT molecular complexity index is 920. The van der Waals surface area contributed by atoms with Gasteiger partial charge in [0.05, 0.1) is 11.9 Å². The van der Waals surface area contributed by atoms with Crippen LogP contribution in [-0.2, 0) is 16.4 Å². The fourth-order valence-corrected chi connectivity index (χ4v) is 3.81. The molecule has 0 saturated carbocycles. The van der Waals surface area contributed by atoms with Gasteiger partial charge in [-0.2, -0.15) is 0 Å². The number of hydrogen-bond acceptors (Lipinski definition) is 3. The third-order valence-corrected chi connectivity index (χ3v) is 5.55. The maximum atomic E-state index is 12.5. The molecule has 0 aromatic heterocycles. The van der Waals surface area contributed by atoms with Gasteiger partial charge in [-0.3, -0.25) is 9.10 Å². The second kappa shape index (κ2) is 5.94. The summed E-state index contributed by atoms with van der Waals surface area (Å²) < 4.78 is 25.1.